The number of fused-ring (bicyclic) bond motifs is 1. The molecule has 21 heavy (non-hydrogen) atoms. The van der Waals surface area contributed by atoms with Crippen molar-refractivity contribution in [1.29, 1.82) is 0 Å². The van der Waals surface area contributed by atoms with Gasteiger partial charge in [-0.3, -0.25) is 19.6 Å². The third kappa shape index (κ3) is 4.24. The summed E-state index contributed by atoms with van der Waals surface area (Å²) < 4.78 is 4.81. The van der Waals surface area contributed by atoms with Gasteiger partial charge in [-0.2, -0.15) is 0 Å². The van der Waals surface area contributed by atoms with Crippen LogP contribution >= 0.6 is 0 Å². The number of aromatic nitrogens is 2. The molecule has 6 heteroatoms. The van der Waals surface area contributed by atoms with Crippen LogP contribution in [0, 0.1) is 0 Å². The van der Waals surface area contributed by atoms with Crippen LogP contribution in [0.2, 0.25) is 0 Å². The van der Waals surface area contributed by atoms with Crippen LogP contribution < -0.4 is 5.32 Å². The van der Waals surface area contributed by atoms with E-state index in [0.717, 1.165) is 5.52 Å². The summed E-state index contributed by atoms with van der Waals surface area (Å²) in [4.78, 5) is 31.4. The normalized spacial score (nSPS) is 10.3. The minimum Gasteiger partial charge on any atom is -0.466 e. The van der Waals surface area contributed by atoms with Crippen molar-refractivity contribution in [3.05, 3.63) is 36.2 Å². The van der Waals surface area contributed by atoms with Crippen molar-refractivity contribution in [2.75, 3.05) is 13.2 Å². The smallest absolute Gasteiger partial charge is 0.305 e. The Bertz CT molecular complexity index is 643. The maximum atomic E-state index is 12.0. The van der Waals surface area contributed by atoms with E-state index in [1.54, 1.807) is 37.5 Å². The van der Waals surface area contributed by atoms with Crippen LogP contribution in [0.15, 0.2) is 30.6 Å². The van der Waals surface area contributed by atoms with Crippen molar-refractivity contribution >= 4 is 22.9 Å². The van der Waals surface area contributed by atoms with Gasteiger partial charge in [-0.05, 0) is 31.5 Å². The number of amides is 1. The largest absolute Gasteiger partial charge is 0.466 e. The molecular weight excluding hydrogens is 270 g/mol. The number of carbonyl (C=O) groups is 2. The van der Waals surface area contributed by atoms with E-state index in [2.05, 4.69) is 15.3 Å². The van der Waals surface area contributed by atoms with E-state index in [1.165, 1.54) is 0 Å². The Morgan fingerprint density at radius 2 is 1.95 bits per heavy atom. The monoisotopic (exact) mass is 287 g/mol. The third-order valence-corrected chi connectivity index (χ3v) is 2.88. The zero-order chi connectivity index (χ0) is 15.1. The summed E-state index contributed by atoms with van der Waals surface area (Å²) in [5.41, 5.74) is 1.95. The van der Waals surface area contributed by atoms with E-state index in [-0.39, 0.29) is 11.9 Å². The molecule has 1 amide bonds. The van der Waals surface area contributed by atoms with Crippen molar-refractivity contribution in [3.8, 4) is 0 Å². The van der Waals surface area contributed by atoms with Gasteiger partial charge in [0.15, 0.2) is 0 Å². The SMILES string of the molecule is CCOC(=O)CCCNC(=O)c1ccc2nccnc2c1. The number of ether oxygens (including phenoxy) is 1. The topological polar surface area (TPSA) is 81.2 Å². The van der Waals surface area contributed by atoms with Crippen LogP contribution in [0.3, 0.4) is 0 Å². The number of nitrogens with one attached hydrogen (secondary N) is 1. The van der Waals surface area contributed by atoms with Crippen LogP contribution in [0.1, 0.15) is 30.1 Å². The quantitative estimate of drug-likeness (QED) is 0.646. The summed E-state index contributed by atoms with van der Waals surface area (Å²) in [5.74, 6) is -0.431. The highest BCUT2D eigenvalue weighted by Gasteiger charge is 2.07. The van der Waals surface area contributed by atoms with Crippen LogP contribution in [0.5, 0.6) is 0 Å². The van der Waals surface area contributed by atoms with Crippen LogP contribution in [0.4, 0.5) is 0 Å². The van der Waals surface area contributed by atoms with Gasteiger partial charge in [0, 0.05) is 30.9 Å². The molecule has 1 aromatic carbocycles. The summed E-state index contributed by atoms with van der Waals surface area (Å²) in [6.07, 6.45) is 4.05. The van der Waals surface area contributed by atoms with Gasteiger partial charge < -0.3 is 10.1 Å². The predicted molar refractivity (Wildman–Crippen MR) is 77.7 cm³/mol. The fraction of sp³-hybridized carbons (Fsp3) is 0.333. The molecule has 0 saturated carbocycles. The number of nitrogens with zero attached hydrogens (tertiary/aromatic N) is 2. The molecule has 2 aromatic rings. The maximum Gasteiger partial charge on any atom is 0.305 e. The Labute approximate surface area is 122 Å². The van der Waals surface area contributed by atoms with Gasteiger partial charge in [0.05, 0.1) is 17.6 Å². The molecule has 1 aromatic heterocycles. The molecule has 0 aliphatic carbocycles. The molecule has 110 valence electrons. The molecule has 1 heterocycles. The van der Waals surface area contributed by atoms with Crippen LogP contribution in [-0.4, -0.2) is 35.0 Å². The summed E-state index contributed by atoms with van der Waals surface area (Å²) in [5, 5.41) is 2.77. The molecule has 0 unspecified atom stereocenters. The molecule has 0 saturated heterocycles. The first kappa shape index (κ1) is 14.9. The Hall–Kier alpha value is -2.50. The van der Waals surface area contributed by atoms with Gasteiger partial charge in [-0.1, -0.05) is 0 Å². The first-order valence-corrected chi connectivity index (χ1v) is 6.85. The molecule has 0 bridgehead atoms. The molecule has 0 spiro atoms. The molecule has 1 N–H and O–H groups in total. The predicted octanol–water partition coefficient (Wildman–Crippen LogP) is 1.70. The maximum absolute atomic E-state index is 12.0. The fourth-order valence-corrected chi connectivity index (χ4v) is 1.87. The van der Waals surface area contributed by atoms with Gasteiger partial charge in [0.1, 0.15) is 0 Å². The van der Waals surface area contributed by atoms with Crippen molar-refractivity contribution in [2.45, 2.75) is 19.8 Å². The first-order valence-electron chi connectivity index (χ1n) is 6.85. The standard InChI is InChI=1S/C15H17N3O3/c1-2-21-14(19)4-3-7-18-15(20)11-5-6-12-13(10-11)17-9-8-16-12/h5-6,8-10H,2-4,7H2,1H3,(H,18,20). The first-order chi connectivity index (χ1) is 10.2. The second-order valence-electron chi connectivity index (χ2n) is 4.42. The van der Waals surface area contributed by atoms with Crippen LogP contribution in [0.25, 0.3) is 11.0 Å². The number of hydrogen-bond donors (Lipinski definition) is 1. The number of benzene rings is 1. The highest BCUT2D eigenvalue weighted by atomic mass is 16.5. The highest BCUT2D eigenvalue weighted by molar-refractivity contribution is 5.97. The number of carbonyl (C=O) groups excluding carboxylic acids is 2. The average molecular weight is 287 g/mol. The number of hydrogen-bond acceptors (Lipinski definition) is 5. The van der Waals surface area contributed by atoms with Gasteiger partial charge in [-0.25, -0.2) is 0 Å². The van der Waals surface area contributed by atoms with E-state index in [0.29, 0.717) is 37.1 Å². The van der Waals surface area contributed by atoms with Crippen molar-refractivity contribution < 1.29 is 14.3 Å². The third-order valence-electron chi connectivity index (χ3n) is 2.88. The van der Waals surface area contributed by atoms with E-state index in [9.17, 15) is 9.59 Å². The minimum atomic E-state index is -0.243. The molecule has 0 atom stereocenters. The Morgan fingerprint density at radius 3 is 2.71 bits per heavy atom. The molecule has 0 fully saturated rings. The summed E-state index contributed by atoms with van der Waals surface area (Å²) in [6.45, 7) is 2.57. The van der Waals surface area contributed by atoms with Gasteiger partial charge >= 0.3 is 5.97 Å². The Balaban J connectivity index is 1.86. The molecule has 6 nitrogen and oxygen atoms in total. The van der Waals surface area contributed by atoms with E-state index in [4.69, 9.17) is 4.74 Å². The molecule has 0 aliphatic rings. The van der Waals surface area contributed by atoms with Crippen LogP contribution in [-0.2, 0) is 9.53 Å². The Morgan fingerprint density at radius 1 is 1.19 bits per heavy atom. The summed E-state index contributed by atoms with van der Waals surface area (Å²) in [6, 6.07) is 5.16. The molecule has 0 radical (unpaired) electrons. The lowest BCUT2D eigenvalue weighted by atomic mass is 10.2. The van der Waals surface area contributed by atoms with E-state index in [1.807, 2.05) is 0 Å². The lowest BCUT2D eigenvalue weighted by molar-refractivity contribution is -0.143. The van der Waals surface area contributed by atoms with Crippen molar-refractivity contribution in [1.82, 2.24) is 15.3 Å². The molecule has 2 rings (SSSR count). The van der Waals surface area contributed by atoms with Crippen molar-refractivity contribution in [3.63, 3.8) is 0 Å². The summed E-state index contributed by atoms with van der Waals surface area (Å²) >= 11 is 0. The molecule has 0 aliphatic heterocycles. The van der Waals surface area contributed by atoms with Crippen molar-refractivity contribution in [2.24, 2.45) is 0 Å². The van der Waals surface area contributed by atoms with E-state index < -0.39 is 0 Å². The fourth-order valence-electron chi connectivity index (χ4n) is 1.87. The zero-order valence-corrected chi connectivity index (χ0v) is 11.8. The average Bonchev–Trinajstić information content (AvgIpc) is 2.51. The number of rotatable bonds is 6. The molecular formula is C15H17N3O3. The lowest BCUT2D eigenvalue weighted by Crippen LogP contribution is -2.25. The second-order valence-corrected chi connectivity index (χ2v) is 4.42. The van der Waals surface area contributed by atoms with Gasteiger partial charge in [-0.15, -0.1) is 0 Å². The second kappa shape index (κ2) is 7.33. The lowest BCUT2D eigenvalue weighted by Gasteiger charge is -2.06. The zero-order valence-electron chi connectivity index (χ0n) is 11.8. The Kier molecular flexibility index (Phi) is 5.20. The number of esters is 1. The van der Waals surface area contributed by atoms with E-state index >= 15 is 0 Å². The summed E-state index contributed by atoms with van der Waals surface area (Å²) in [7, 11) is 0. The minimum absolute atomic E-state index is 0.189. The van der Waals surface area contributed by atoms with Gasteiger partial charge in [0.25, 0.3) is 5.91 Å². The highest BCUT2D eigenvalue weighted by Crippen LogP contribution is 2.10. The van der Waals surface area contributed by atoms with Gasteiger partial charge in [0.2, 0.25) is 0 Å².